The molecule has 0 aliphatic heterocycles. The second-order valence-electron chi connectivity index (χ2n) is 7.10. The highest BCUT2D eigenvalue weighted by Crippen LogP contribution is 2.19. The first-order valence-corrected chi connectivity index (χ1v) is 9.93. The molecule has 2 aromatic carbocycles. The summed E-state index contributed by atoms with van der Waals surface area (Å²) in [6.07, 6.45) is 9.53. The number of carbonyl (C=O) groups excluding carboxylic acids is 1. The smallest absolute Gasteiger partial charge is 0.221 e. The second-order valence-corrected chi connectivity index (χ2v) is 7.10. The number of imidazole rings is 1. The Hall–Kier alpha value is -2.68. The zero-order valence-electron chi connectivity index (χ0n) is 16.3. The number of carbonyl (C=O) groups is 1. The van der Waals surface area contributed by atoms with E-state index in [0.29, 0.717) is 5.82 Å². The number of benzene rings is 2. The van der Waals surface area contributed by atoms with Crippen LogP contribution in [0.2, 0.25) is 0 Å². The van der Waals surface area contributed by atoms with Gasteiger partial charge < -0.3 is 4.57 Å². The van der Waals surface area contributed by atoms with Crippen molar-refractivity contribution in [3.63, 3.8) is 0 Å². The van der Waals surface area contributed by atoms with Gasteiger partial charge in [0, 0.05) is 6.54 Å². The van der Waals surface area contributed by atoms with Crippen molar-refractivity contribution in [1.82, 2.24) is 9.55 Å². The van der Waals surface area contributed by atoms with E-state index >= 15 is 0 Å². The minimum Gasteiger partial charge on any atom is -0.321 e. The molecule has 0 radical (unpaired) electrons. The van der Waals surface area contributed by atoms with E-state index in [9.17, 15) is 4.79 Å². The zero-order chi connectivity index (χ0) is 19.1. The summed E-state index contributed by atoms with van der Waals surface area (Å²) in [5, 5.41) is 0. The fourth-order valence-corrected chi connectivity index (χ4v) is 3.29. The molecule has 0 aliphatic rings. The van der Waals surface area contributed by atoms with Gasteiger partial charge in [0.25, 0.3) is 0 Å². The number of allylic oxidation sites excluding steroid dienone is 1. The van der Waals surface area contributed by atoms with Gasteiger partial charge in [0.1, 0.15) is 0 Å². The minimum absolute atomic E-state index is 0.0414. The third-order valence-electron chi connectivity index (χ3n) is 4.86. The fourth-order valence-electron chi connectivity index (χ4n) is 3.29. The summed E-state index contributed by atoms with van der Waals surface area (Å²) < 4.78 is 2.09. The molecular formula is C24H28N2O. The first-order valence-electron chi connectivity index (χ1n) is 9.93. The molecule has 0 amide bonds. The van der Waals surface area contributed by atoms with Crippen molar-refractivity contribution < 1.29 is 4.79 Å². The molecule has 3 rings (SSSR count). The van der Waals surface area contributed by atoms with Crippen LogP contribution in [0.15, 0.2) is 54.6 Å². The van der Waals surface area contributed by atoms with Crippen LogP contribution >= 0.6 is 0 Å². The lowest BCUT2D eigenvalue weighted by atomic mass is 10.1. The number of aromatic nitrogens is 2. The van der Waals surface area contributed by atoms with Crippen LogP contribution in [0, 0.1) is 6.92 Å². The molecule has 3 aromatic rings. The molecule has 27 heavy (non-hydrogen) atoms. The van der Waals surface area contributed by atoms with Crippen molar-refractivity contribution in [2.24, 2.45) is 0 Å². The summed E-state index contributed by atoms with van der Waals surface area (Å²) in [7, 11) is 0. The number of ketones is 1. The Morgan fingerprint density at radius 2 is 1.74 bits per heavy atom. The van der Waals surface area contributed by atoms with Gasteiger partial charge in [0.15, 0.2) is 5.82 Å². The maximum absolute atomic E-state index is 12.8. The molecule has 0 N–H and O–H groups in total. The highest BCUT2D eigenvalue weighted by Gasteiger charge is 2.15. The summed E-state index contributed by atoms with van der Waals surface area (Å²) in [5.41, 5.74) is 4.16. The predicted octanol–water partition coefficient (Wildman–Crippen LogP) is 6.21. The number of rotatable bonds is 9. The number of hydrogen-bond donors (Lipinski definition) is 0. The largest absolute Gasteiger partial charge is 0.321 e. The molecule has 0 bridgehead atoms. The number of unbranched alkanes of at least 4 members (excludes halogenated alkanes) is 4. The Labute approximate surface area is 161 Å². The molecule has 3 heteroatoms. The molecule has 0 atom stereocenters. The van der Waals surface area contributed by atoms with Crippen molar-refractivity contribution in [2.75, 3.05) is 0 Å². The summed E-state index contributed by atoms with van der Waals surface area (Å²) in [6, 6.07) is 16.2. The quantitative estimate of drug-likeness (QED) is 0.258. The van der Waals surface area contributed by atoms with Crippen LogP contribution < -0.4 is 0 Å². The number of aryl methyl sites for hydroxylation is 2. The third-order valence-corrected chi connectivity index (χ3v) is 4.86. The van der Waals surface area contributed by atoms with Crippen molar-refractivity contribution in [2.45, 2.75) is 52.5 Å². The summed E-state index contributed by atoms with van der Waals surface area (Å²) in [5.74, 6) is 0.496. The van der Waals surface area contributed by atoms with Gasteiger partial charge >= 0.3 is 0 Å². The van der Waals surface area contributed by atoms with Gasteiger partial charge in [-0.25, -0.2) is 4.98 Å². The van der Waals surface area contributed by atoms with Gasteiger partial charge in [-0.1, -0.05) is 80.6 Å². The van der Waals surface area contributed by atoms with Gasteiger partial charge in [-0.2, -0.15) is 0 Å². The first-order chi connectivity index (χ1) is 13.2. The van der Waals surface area contributed by atoms with Crippen LogP contribution in [0.4, 0.5) is 0 Å². The van der Waals surface area contributed by atoms with Crippen LogP contribution in [0.1, 0.15) is 60.8 Å². The molecule has 0 aliphatic carbocycles. The molecular weight excluding hydrogens is 332 g/mol. The Morgan fingerprint density at radius 1 is 1.00 bits per heavy atom. The Morgan fingerprint density at radius 3 is 2.52 bits per heavy atom. The maximum atomic E-state index is 12.8. The summed E-state index contributed by atoms with van der Waals surface area (Å²) in [6.45, 7) is 5.12. The summed E-state index contributed by atoms with van der Waals surface area (Å²) in [4.78, 5) is 17.5. The highest BCUT2D eigenvalue weighted by atomic mass is 16.1. The van der Waals surface area contributed by atoms with E-state index in [1.165, 1.54) is 31.2 Å². The lowest BCUT2D eigenvalue weighted by Crippen LogP contribution is -2.09. The van der Waals surface area contributed by atoms with E-state index in [4.69, 9.17) is 0 Å². The maximum Gasteiger partial charge on any atom is 0.221 e. The lowest BCUT2D eigenvalue weighted by Gasteiger charge is -2.07. The second kappa shape index (κ2) is 9.31. The van der Waals surface area contributed by atoms with Crippen LogP contribution in [-0.2, 0) is 6.54 Å². The highest BCUT2D eigenvalue weighted by molar-refractivity contribution is 6.06. The molecule has 1 aromatic heterocycles. The fraction of sp³-hybridized carbons (Fsp3) is 0.333. The van der Waals surface area contributed by atoms with Gasteiger partial charge in [-0.3, -0.25) is 4.79 Å². The molecule has 0 saturated carbocycles. The molecule has 0 saturated heterocycles. The van der Waals surface area contributed by atoms with E-state index in [1.807, 2.05) is 36.4 Å². The topological polar surface area (TPSA) is 34.9 Å². The zero-order valence-corrected chi connectivity index (χ0v) is 16.3. The van der Waals surface area contributed by atoms with Crippen LogP contribution in [0.3, 0.4) is 0 Å². The Bertz CT molecular complexity index is 919. The Kier molecular flexibility index (Phi) is 6.59. The van der Waals surface area contributed by atoms with Crippen LogP contribution in [-0.4, -0.2) is 15.3 Å². The monoisotopic (exact) mass is 360 g/mol. The van der Waals surface area contributed by atoms with Crippen molar-refractivity contribution in [3.05, 3.63) is 71.6 Å². The molecule has 0 unspecified atom stereocenters. The van der Waals surface area contributed by atoms with Gasteiger partial charge in [-0.05, 0) is 37.1 Å². The van der Waals surface area contributed by atoms with Crippen LogP contribution in [0.5, 0.6) is 0 Å². The third kappa shape index (κ3) is 4.94. The number of para-hydroxylation sites is 2. The molecule has 0 fully saturated rings. The normalized spacial score (nSPS) is 11.5. The molecule has 140 valence electrons. The average molecular weight is 361 g/mol. The van der Waals surface area contributed by atoms with Crippen LogP contribution in [0.25, 0.3) is 17.1 Å². The van der Waals surface area contributed by atoms with E-state index < -0.39 is 0 Å². The SMILES string of the molecule is CCCCCCCn1c(C(=O)/C=C/c2ccc(C)cc2)nc2ccccc21. The van der Waals surface area contributed by atoms with E-state index in [0.717, 1.165) is 29.6 Å². The summed E-state index contributed by atoms with van der Waals surface area (Å²) >= 11 is 0. The van der Waals surface area contributed by atoms with E-state index in [1.54, 1.807) is 6.08 Å². The van der Waals surface area contributed by atoms with Gasteiger partial charge in [0.2, 0.25) is 5.78 Å². The average Bonchev–Trinajstić information content (AvgIpc) is 3.06. The van der Waals surface area contributed by atoms with Gasteiger partial charge in [0.05, 0.1) is 11.0 Å². The number of fused-ring (bicyclic) bond motifs is 1. The lowest BCUT2D eigenvalue weighted by molar-refractivity contribution is 0.103. The minimum atomic E-state index is -0.0414. The van der Waals surface area contributed by atoms with E-state index in [-0.39, 0.29) is 5.78 Å². The standard InChI is InChI=1S/C24H28N2O/c1-3-4-5-6-9-18-26-22-11-8-7-10-21(22)25-24(26)23(27)17-16-20-14-12-19(2)13-15-20/h7-8,10-17H,3-6,9,18H2,1-2H3/b17-16+. The van der Waals surface area contributed by atoms with Gasteiger partial charge in [-0.15, -0.1) is 0 Å². The number of nitrogens with zero attached hydrogens (tertiary/aromatic N) is 2. The molecule has 0 spiro atoms. The van der Waals surface area contributed by atoms with E-state index in [2.05, 4.69) is 41.6 Å². The molecule has 1 heterocycles. The predicted molar refractivity (Wildman–Crippen MR) is 113 cm³/mol. The van der Waals surface area contributed by atoms with Crippen molar-refractivity contribution >= 4 is 22.9 Å². The van der Waals surface area contributed by atoms with Crippen molar-refractivity contribution in [3.8, 4) is 0 Å². The Balaban J connectivity index is 1.80. The number of hydrogen-bond acceptors (Lipinski definition) is 2. The molecule has 3 nitrogen and oxygen atoms in total. The first kappa shape index (κ1) is 19.1. The van der Waals surface area contributed by atoms with Crippen molar-refractivity contribution in [1.29, 1.82) is 0 Å².